The molecule has 0 amide bonds. The summed E-state index contributed by atoms with van der Waals surface area (Å²) in [6.07, 6.45) is 11.5. The molecule has 3 nitrogen and oxygen atoms in total. The van der Waals surface area contributed by atoms with E-state index in [0.29, 0.717) is 6.04 Å². The Morgan fingerprint density at radius 3 is 3.18 bits per heavy atom. The van der Waals surface area contributed by atoms with Gasteiger partial charge in [-0.05, 0) is 32.4 Å². The third kappa shape index (κ3) is 3.49. The van der Waals surface area contributed by atoms with Crippen LogP contribution in [0.25, 0.3) is 0 Å². The maximum absolute atomic E-state index is 4.21. The highest BCUT2D eigenvalue weighted by Gasteiger charge is 2.20. The fraction of sp³-hybridized carbons (Fsp3) is 0.769. The van der Waals surface area contributed by atoms with Crippen LogP contribution in [0, 0.1) is 0 Å². The number of aryl methyl sites for hydroxylation is 1. The highest BCUT2D eigenvalue weighted by atomic mass is 32.2. The number of hydrogen-bond donors (Lipinski definition) is 1. The molecular weight excluding hydrogens is 230 g/mol. The van der Waals surface area contributed by atoms with E-state index < -0.39 is 0 Å². The second-order valence-electron chi connectivity index (χ2n) is 4.77. The summed E-state index contributed by atoms with van der Waals surface area (Å²) in [4.78, 5) is 4.21. The van der Waals surface area contributed by atoms with Crippen LogP contribution in [-0.4, -0.2) is 27.1 Å². The van der Waals surface area contributed by atoms with Crippen molar-refractivity contribution >= 4 is 11.8 Å². The van der Waals surface area contributed by atoms with Crippen molar-refractivity contribution in [2.75, 3.05) is 6.26 Å². The standard InChI is InChI=1S/C13H23N3S/c1-3-16-10-14-8-12(16)9-15-11-5-4-6-13(7-11)17-2/h8,10-11,13,15H,3-7,9H2,1-2H3. The predicted octanol–water partition coefficient (Wildman–Crippen LogP) is 2.67. The summed E-state index contributed by atoms with van der Waals surface area (Å²) < 4.78 is 2.21. The Morgan fingerprint density at radius 2 is 2.41 bits per heavy atom. The van der Waals surface area contributed by atoms with Crippen molar-refractivity contribution < 1.29 is 0 Å². The number of nitrogens with zero attached hydrogens (tertiary/aromatic N) is 2. The van der Waals surface area contributed by atoms with Gasteiger partial charge in [0.1, 0.15) is 0 Å². The number of nitrogens with one attached hydrogen (secondary N) is 1. The second kappa shape index (κ2) is 6.45. The molecule has 0 aromatic carbocycles. The molecule has 96 valence electrons. The van der Waals surface area contributed by atoms with Crippen LogP contribution in [0.1, 0.15) is 38.3 Å². The van der Waals surface area contributed by atoms with E-state index in [4.69, 9.17) is 0 Å². The lowest BCUT2D eigenvalue weighted by Crippen LogP contribution is -2.35. The molecule has 1 aliphatic rings. The summed E-state index contributed by atoms with van der Waals surface area (Å²) in [5.41, 5.74) is 1.30. The normalized spacial score (nSPS) is 25.1. The molecule has 1 saturated carbocycles. The van der Waals surface area contributed by atoms with Gasteiger partial charge >= 0.3 is 0 Å². The van der Waals surface area contributed by atoms with E-state index in [2.05, 4.69) is 28.0 Å². The highest BCUT2D eigenvalue weighted by molar-refractivity contribution is 7.99. The summed E-state index contributed by atoms with van der Waals surface area (Å²) in [6.45, 7) is 4.13. The van der Waals surface area contributed by atoms with Crippen molar-refractivity contribution in [1.29, 1.82) is 0 Å². The minimum absolute atomic E-state index is 0.696. The van der Waals surface area contributed by atoms with E-state index in [-0.39, 0.29) is 0 Å². The molecule has 17 heavy (non-hydrogen) atoms. The van der Waals surface area contributed by atoms with Crippen LogP contribution < -0.4 is 5.32 Å². The van der Waals surface area contributed by atoms with Gasteiger partial charge in [-0.1, -0.05) is 6.42 Å². The van der Waals surface area contributed by atoms with Gasteiger partial charge in [0.2, 0.25) is 0 Å². The fourth-order valence-electron chi connectivity index (χ4n) is 2.57. The molecule has 4 heteroatoms. The molecule has 2 atom stereocenters. The summed E-state index contributed by atoms with van der Waals surface area (Å²) in [6, 6.07) is 0.696. The summed E-state index contributed by atoms with van der Waals surface area (Å²) in [5, 5.41) is 4.55. The molecule has 1 aromatic rings. The number of imidazole rings is 1. The van der Waals surface area contributed by atoms with Crippen molar-refractivity contribution in [3.63, 3.8) is 0 Å². The summed E-state index contributed by atoms with van der Waals surface area (Å²) in [5.74, 6) is 0. The average molecular weight is 253 g/mol. The van der Waals surface area contributed by atoms with E-state index in [9.17, 15) is 0 Å². The fourth-order valence-corrected chi connectivity index (χ4v) is 3.40. The van der Waals surface area contributed by atoms with Crippen LogP contribution in [0.4, 0.5) is 0 Å². The van der Waals surface area contributed by atoms with E-state index in [0.717, 1.165) is 18.3 Å². The SMILES string of the molecule is CCn1cncc1CNC1CCCC(SC)C1. The molecule has 0 bridgehead atoms. The Kier molecular flexibility index (Phi) is 4.92. The Bertz CT molecular complexity index is 337. The van der Waals surface area contributed by atoms with Gasteiger partial charge in [0.25, 0.3) is 0 Å². The van der Waals surface area contributed by atoms with E-state index >= 15 is 0 Å². The zero-order valence-electron chi connectivity index (χ0n) is 10.9. The molecule has 0 aliphatic heterocycles. The second-order valence-corrected chi connectivity index (χ2v) is 5.91. The van der Waals surface area contributed by atoms with Gasteiger partial charge in [-0.3, -0.25) is 0 Å². The van der Waals surface area contributed by atoms with Gasteiger partial charge in [0, 0.05) is 30.6 Å². The maximum atomic E-state index is 4.21. The molecule has 0 radical (unpaired) electrons. The van der Waals surface area contributed by atoms with Gasteiger partial charge < -0.3 is 9.88 Å². The molecule has 2 unspecified atom stereocenters. The number of rotatable bonds is 5. The quantitative estimate of drug-likeness (QED) is 0.875. The Balaban J connectivity index is 1.81. The lowest BCUT2D eigenvalue weighted by Gasteiger charge is -2.28. The van der Waals surface area contributed by atoms with Crippen molar-refractivity contribution in [1.82, 2.24) is 14.9 Å². The zero-order chi connectivity index (χ0) is 12.1. The molecule has 2 rings (SSSR count). The maximum Gasteiger partial charge on any atom is 0.0948 e. The van der Waals surface area contributed by atoms with Crippen molar-refractivity contribution in [2.24, 2.45) is 0 Å². The van der Waals surface area contributed by atoms with Crippen LogP contribution in [0.2, 0.25) is 0 Å². The Labute approximate surface area is 108 Å². The van der Waals surface area contributed by atoms with E-state index in [1.807, 2.05) is 24.3 Å². The molecule has 0 spiro atoms. The summed E-state index contributed by atoms with van der Waals surface area (Å²) in [7, 11) is 0. The lowest BCUT2D eigenvalue weighted by molar-refractivity contribution is 0.376. The molecule has 1 fully saturated rings. The summed E-state index contributed by atoms with van der Waals surface area (Å²) >= 11 is 2.02. The largest absolute Gasteiger partial charge is 0.334 e. The zero-order valence-corrected chi connectivity index (χ0v) is 11.7. The predicted molar refractivity (Wildman–Crippen MR) is 74.3 cm³/mol. The first-order valence-corrected chi connectivity index (χ1v) is 7.87. The van der Waals surface area contributed by atoms with Crippen molar-refractivity contribution in [3.05, 3.63) is 18.2 Å². The van der Waals surface area contributed by atoms with Crippen molar-refractivity contribution in [3.8, 4) is 0 Å². The van der Waals surface area contributed by atoms with Crippen LogP contribution in [0.5, 0.6) is 0 Å². The first-order valence-electron chi connectivity index (χ1n) is 6.58. The van der Waals surface area contributed by atoms with E-state index in [1.54, 1.807) is 0 Å². The molecule has 1 aromatic heterocycles. The average Bonchev–Trinajstić information content (AvgIpc) is 2.84. The topological polar surface area (TPSA) is 29.9 Å². The number of thioether (sulfide) groups is 1. The number of hydrogen-bond acceptors (Lipinski definition) is 3. The lowest BCUT2D eigenvalue weighted by atomic mass is 9.95. The van der Waals surface area contributed by atoms with Crippen molar-refractivity contribution in [2.45, 2.75) is 57.0 Å². The molecule has 1 heterocycles. The smallest absolute Gasteiger partial charge is 0.0948 e. The van der Waals surface area contributed by atoms with Crippen LogP contribution in [-0.2, 0) is 13.1 Å². The molecule has 1 N–H and O–H groups in total. The van der Waals surface area contributed by atoms with Gasteiger partial charge in [-0.2, -0.15) is 11.8 Å². The van der Waals surface area contributed by atoms with Gasteiger partial charge in [0.15, 0.2) is 0 Å². The minimum atomic E-state index is 0.696. The van der Waals surface area contributed by atoms with Crippen LogP contribution in [0.3, 0.4) is 0 Å². The molecule has 1 aliphatic carbocycles. The van der Waals surface area contributed by atoms with Crippen LogP contribution in [0.15, 0.2) is 12.5 Å². The minimum Gasteiger partial charge on any atom is -0.334 e. The van der Waals surface area contributed by atoms with E-state index in [1.165, 1.54) is 31.4 Å². The van der Waals surface area contributed by atoms with Gasteiger partial charge in [0.05, 0.1) is 12.0 Å². The first-order chi connectivity index (χ1) is 8.33. The Morgan fingerprint density at radius 1 is 1.53 bits per heavy atom. The highest BCUT2D eigenvalue weighted by Crippen LogP contribution is 2.26. The van der Waals surface area contributed by atoms with Crippen LogP contribution >= 0.6 is 11.8 Å². The first kappa shape index (κ1) is 13.0. The Hall–Kier alpha value is -0.480. The molecule has 0 saturated heterocycles. The van der Waals surface area contributed by atoms with Gasteiger partial charge in [-0.25, -0.2) is 4.98 Å². The number of aromatic nitrogens is 2. The van der Waals surface area contributed by atoms with Gasteiger partial charge in [-0.15, -0.1) is 0 Å². The monoisotopic (exact) mass is 253 g/mol. The third-order valence-corrected chi connectivity index (χ3v) is 4.77. The molecular formula is C13H23N3S. The third-order valence-electron chi connectivity index (χ3n) is 3.67.